The van der Waals surface area contributed by atoms with Gasteiger partial charge in [0.1, 0.15) is 6.10 Å². The van der Waals surface area contributed by atoms with Crippen LogP contribution >= 0.6 is 11.3 Å². The van der Waals surface area contributed by atoms with Crippen molar-refractivity contribution in [3.8, 4) is 0 Å². The molecule has 0 spiro atoms. The first-order valence-corrected chi connectivity index (χ1v) is 8.98. The number of benzene rings is 2. The average molecular weight is 328 g/mol. The van der Waals surface area contributed by atoms with Gasteiger partial charge < -0.3 is 5.11 Å². The van der Waals surface area contributed by atoms with Gasteiger partial charge >= 0.3 is 0 Å². The average Bonchev–Trinajstić information content (AvgIpc) is 3.04. The molecule has 3 rings (SSSR count). The van der Waals surface area contributed by atoms with Crippen LogP contribution in [0.15, 0.2) is 75.8 Å². The van der Waals surface area contributed by atoms with E-state index in [1.807, 2.05) is 73.0 Å². The second-order valence-electron chi connectivity index (χ2n) is 5.04. The number of aliphatic hydroxyl groups excluding tert-OH is 1. The van der Waals surface area contributed by atoms with Gasteiger partial charge in [-0.05, 0) is 36.1 Å². The minimum absolute atomic E-state index is 0.685. The van der Waals surface area contributed by atoms with Crippen molar-refractivity contribution in [3.05, 3.63) is 82.0 Å². The van der Waals surface area contributed by atoms with Gasteiger partial charge in [0.25, 0.3) is 0 Å². The van der Waals surface area contributed by atoms with Crippen LogP contribution in [0.2, 0.25) is 0 Å². The molecule has 2 aromatic carbocycles. The van der Waals surface area contributed by atoms with E-state index in [4.69, 9.17) is 0 Å². The van der Waals surface area contributed by atoms with Crippen molar-refractivity contribution in [1.82, 2.24) is 0 Å². The summed E-state index contributed by atoms with van der Waals surface area (Å²) in [6.45, 7) is 2.00. The SMILES string of the molecule is Cc1ccc(S(=O)c2ccsc2[C@@H](O)c2ccccc2)cc1. The van der Waals surface area contributed by atoms with Crippen molar-refractivity contribution >= 4 is 22.1 Å². The predicted molar refractivity (Wildman–Crippen MR) is 90.7 cm³/mol. The Hall–Kier alpha value is -1.75. The minimum Gasteiger partial charge on any atom is -0.383 e. The number of aryl methyl sites for hydroxylation is 1. The van der Waals surface area contributed by atoms with Gasteiger partial charge in [0.15, 0.2) is 0 Å². The van der Waals surface area contributed by atoms with E-state index in [2.05, 4.69) is 0 Å². The molecule has 0 aliphatic heterocycles. The summed E-state index contributed by atoms with van der Waals surface area (Å²) in [5.41, 5.74) is 1.95. The van der Waals surface area contributed by atoms with E-state index in [0.717, 1.165) is 20.9 Å². The summed E-state index contributed by atoms with van der Waals surface area (Å²) in [4.78, 5) is 2.18. The first-order valence-electron chi connectivity index (χ1n) is 6.95. The molecule has 0 aliphatic carbocycles. The Balaban J connectivity index is 1.95. The second kappa shape index (κ2) is 6.57. The van der Waals surface area contributed by atoms with Crippen LogP contribution in [0, 0.1) is 6.92 Å². The van der Waals surface area contributed by atoms with Crippen LogP contribution in [0.5, 0.6) is 0 Å². The van der Waals surface area contributed by atoms with Crippen LogP contribution in [0.4, 0.5) is 0 Å². The van der Waals surface area contributed by atoms with Crippen molar-refractivity contribution < 1.29 is 9.32 Å². The standard InChI is InChI=1S/C18H16O2S2/c1-13-7-9-15(10-8-13)22(20)16-11-12-21-18(16)17(19)14-5-3-2-4-6-14/h2-12,17,19H,1H3/t17-,22?/m0/s1. The molecular formula is C18H16O2S2. The maximum atomic E-state index is 12.8. The quantitative estimate of drug-likeness (QED) is 0.775. The first-order chi connectivity index (χ1) is 10.7. The van der Waals surface area contributed by atoms with Gasteiger partial charge in [-0.25, -0.2) is 4.21 Å². The maximum absolute atomic E-state index is 12.8. The van der Waals surface area contributed by atoms with E-state index in [0.29, 0.717) is 4.90 Å². The molecule has 0 fully saturated rings. The fraction of sp³-hybridized carbons (Fsp3) is 0.111. The van der Waals surface area contributed by atoms with Crippen LogP contribution in [0.25, 0.3) is 0 Å². The molecule has 4 heteroatoms. The van der Waals surface area contributed by atoms with Gasteiger partial charge in [0, 0.05) is 4.90 Å². The van der Waals surface area contributed by atoms with Gasteiger partial charge in [0.05, 0.1) is 20.6 Å². The predicted octanol–water partition coefficient (Wildman–Crippen LogP) is 4.30. The molecule has 0 bridgehead atoms. The van der Waals surface area contributed by atoms with Crippen molar-refractivity contribution in [2.45, 2.75) is 22.8 Å². The highest BCUT2D eigenvalue weighted by atomic mass is 32.2. The van der Waals surface area contributed by atoms with Crippen LogP contribution in [-0.4, -0.2) is 9.32 Å². The molecule has 0 aliphatic rings. The fourth-order valence-corrected chi connectivity index (χ4v) is 4.62. The summed E-state index contributed by atoms with van der Waals surface area (Å²) in [5, 5.41) is 12.5. The third-order valence-corrected chi connectivity index (χ3v) is 6.01. The summed E-state index contributed by atoms with van der Waals surface area (Å²) in [5.74, 6) is 0. The highest BCUT2D eigenvalue weighted by molar-refractivity contribution is 7.85. The zero-order chi connectivity index (χ0) is 15.5. The molecule has 0 saturated carbocycles. The molecule has 2 nitrogen and oxygen atoms in total. The Bertz CT molecular complexity index is 776. The third kappa shape index (κ3) is 3.04. The summed E-state index contributed by atoms with van der Waals surface area (Å²) >= 11 is 1.44. The lowest BCUT2D eigenvalue weighted by molar-refractivity contribution is 0.221. The fourth-order valence-electron chi connectivity index (χ4n) is 2.24. The Morgan fingerprint density at radius 3 is 2.36 bits per heavy atom. The molecule has 0 saturated heterocycles. The van der Waals surface area contributed by atoms with Crippen LogP contribution in [0.1, 0.15) is 22.1 Å². The van der Waals surface area contributed by atoms with Crippen LogP contribution < -0.4 is 0 Å². The molecule has 0 amide bonds. The van der Waals surface area contributed by atoms with E-state index >= 15 is 0 Å². The largest absolute Gasteiger partial charge is 0.383 e. The molecule has 1 unspecified atom stereocenters. The smallest absolute Gasteiger partial charge is 0.114 e. The number of aliphatic hydroxyl groups is 1. The molecule has 2 atom stereocenters. The molecular weight excluding hydrogens is 312 g/mol. The zero-order valence-electron chi connectivity index (χ0n) is 12.1. The highest BCUT2D eigenvalue weighted by Crippen LogP contribution is 2.33. The van der Waals surface area contributed by atoms with E-state index in [-0.39, 0.29) is 0 Å². The lowest BCUT2D eigenvalue weighted by Gasteiger charge is -2.12. The second-order valence-corrected chi connectivity index (χ2v) is 7.44. The molecule has 0 radical (unpaired) electrons. The number of rotatable bonds is 4. The lowest BCUT2D eigenvalue weighted by Crippen LogP contribution is -2.02. The maximum Gasteiger partial charge on any atom is 0.114 e. The van der Waals surface area contributed by atoms with Crippen molar-refractivity contribution in [3.63, 3.8) is 0 Å². The third-order valence-electron chi connectivity index (χ3n) is 3.46. The Kier molecular flexibility index (Phi) is 4.52. The van der Waals surface area contributed by atoms with Crippen molar-refractivity contribution in [2.75, 3.05) is 0 Å². The zero-order valence-corrected chi connectivity index (χ0v) is 13.7. The normalized spacial score (nSPS) is 13.7. The van der Waals surface area contributed by atoms with Gasteiger partial charge in [-0.1, -0.05) is 48.0 Å². The molecule has 1 N–H and O–H groups in total. The van der Waals surface area contributed by atoms with Crippen LogP contribution in [-0.2, 0) is 10.8 Å². The molecule has 1 aromatic heterocycles. The summed E-state index contributed by atoms with van der Waals surface area (Å²) < 4.78 is 12.8. The number of hydrogen-bond donors (Lipinski definition) is 1. The van der Waals surface area contributed by atoms with Crippen LogP contribution in [0.3, 0.4) is 0 Å². The van der Waals surface area contributed by atoms with Gasteiger partial charge in [-0.2, -0.15) is 0 Å². The highest BCUT2D eigenvalue weighted by Gasteiger charge is 2.20. The Morgan fingerprint density at radius 1 is 1.00 bits per heavy atom. The van der Waals surface area contributed by atoms with Gasteiger partial charge in [-0.3, -0.25) is 0 Å². The Labute approximate surface area is 136 Å². The topological polar surface area (TPSA) is 37.3 Å². The monoisotopic (exact) mass is 328 g/mol. The summed E-state index contributed by atoms with van der Waals surface area (Å²) in [6.07, 6.45) is -0.745. The van der Waals surface area contributed by atoms with E-state index in [1.165, 1.54) is 11.3 Å². The first kappa shape index (κ1) is 15.2. The summed E-state index contributed by atoms with van der Waals surface area (Å²) in [7, 11) is -1.28. The Morgan fingerprint density at radius 2 is 1.68 bits per heavy atom. The molecule has 3 aromatic rings. The lowest BCUT2D eigenvalue weighted by atomic mass is 10.1. The summed E-state index contributed by atoms with van der Waals surface area (Å²) in [6, 6.07) is 18.9. The van der Waals surface area contributed by atoms with E-state index < -0.39 is 16.9 Å². The van der Waals surface area contributed by atoms with Crippen molar-refractivity contribution in [2.24, 2.45) is 0 Å². The number of thiophene rings is 1. The number of hydrogen-bond acceptors (Lipinski definition) is 3. The minimum atomic E-state index is -1.28. The molecule has 1 heterocycles. The van der Waals surface area contributed by atoms with Gasteiger partial charge in [-0.15, -0.1) is 11.3 Å². The van der Waals surface area contributed by atoms with E-state index in [9.17, 15) is 9.32 Å². The van der Waals surface area contributed by atoms with E-state index in [1.54, 1.807) is 0 Å². The van der Waals surface area contributed by atoms with Crippen molar-refractivity contribution in [1.29, 1.82) is 0 Å². The molecule has 112 valence electrons. The molecule has 22 heavy (non-hydrogen) atoms. The van der Waals surface area contributed by atoms with Gasteiger partial charge in [0.2, 0.25) is 0 Å².